The smallest absolute Gasteiger partial charge is 0.0714 e. The minimum Gasteiger partial charge on any atom is -0.308 e. The number of hydrogen-bond acceptors (Lipinski definition) is 2. The summed E-state index contributed by atoms with van der Waals surface area (Å²) in [4.78, 5) is 2.63. The number of fused-ring (bicyclic) bond motifs is 11. The first-order chi connectivity index (χ1) is 28.6. The molecule has 1 heterocycles. The summed E-state index contributed by atoms with van der Waals surface area (Å²) in [7, 11) is 0. The molecule has 2 aliphatic carbocycles. The van der Waals surface area contributed by atoms with Crippen molar-refractivity contribution in [1.29, 1.82) is 0 Å². The van der Waals surface area contributed by atoms with Crippen LogP contribution in [0.4, 0.5) is 17.1 Å². The minimum atomic E-state index is -0.507. The number of nitrogens with zero attached hydrogens (tertiary/aromatic N) is 1. The van der Waals surface area contributed by atoms with Crippen molar-refractivity contribution >= 4 is 59.3 Å². The van der Waals surface area contributed by atoms with E-state index in [1.807, 2.05) is 11.3 Å². The van der Waals surface area contributed by atoms with Crippen molar-refractivity contribution in [2.24, 2.45) is 0 Å². The predicted molar refractivity (Wildman–Crippen MR) is 246 cm³/mol. The van der Waals surface area contributed by atoms with Crippen molar-refractivity contribution in [3.63, 3.8) is 0 Å². The second-order valence-electron chi connectivity index (χ2n) is 16.4. The maximum absolute atomic E-state index is 2.63. The standard InChI is InChI=1S/C56H39NS/c1-55(2)45-28-13-11-24-40(45)41-26-15-32-49(52(41)55)57(50-33-16-27-42-43-35-34-36-18-9-10-23-39(36)53(43)58-54(42)50)48-31-17-30-47-51(48)44-25-12-14-29-46(44)56(47,37-19-5-3-6-20-37)38-21-7-4-8-22-38/h3-35H,1-2H3. The highest BCUT2D eigenvalue weighted by atomic mass is 32.1. The maximum Gasteiger partial charge on any atom is 0.0714 e. The Kier molecular flexibility index (Phi) is 7.13. The quantitative estimate of drug-likeness (QED) is 0.169. The van der Waals surface area contributed by atoms with E-state index in [1.165, 1.54) is 104 Å². The minimum absolute atomic E-state index is 0.223. The van der Waals surface area contributed by atoms with Crippen LogP contribution in [-0.2, 0) is 10.8 Å². The Bertz CT molecular complexity index is 3220. The number of rotatable bonds is 5. The van der Waals surface area contributed by atoms with Crippen LogP contribution in [0.5, 0.6) is 0 Å². The molecule has 0 bridgehead atoms. The molecular weight excluding hydrogens is 719 g/mol. The number of benzene rings is 9. The van der Waals surface area contributed by atoms with Crippen molar-refractivity contribution in [3.05, 3.63) is 234 Å². The molecule has 2 aliphatic rings. The highest BCUT2D eigenvalue weighted by Gasteiger charge is 2.48. The average Bonchev–Trinajstić information content (AvgIpc) is 3.90. The lowest BCUT2D eigenvalue weighted by molar-refractivity contribution is 0.661. The molecule has 0 atom stereocenters. The average molecular weight is 758 g/mol. The molecule has 0 radical (unpaired) electrons. The van der Waals surface area contributed by atoms with E-state index in [4.69, 9.17) is 0 Å². The summed E-state index contributed by atoms with van der Waals surface area (Å²) in [5.41, 5.74) is 16.0. The highest BCUT2D eigenvalue weighted by molar-refractivity contribution is 7.27. The Balaban J connectivity index is 1.23. The van der Waals surface area contributed by atoms with Crippen LogP contribution in [-0.4, -0.2) is 0 Å². The normalized spacial score (nSPS) is 14.3. The Hall–Kier alpha value is -6.74. The molecule has 58 heavy (non-hydrogen) atoms. The van der Waals surface area contributed by atoms with Crippen LogP contribution in [0.2, 0.25) is 0 Å². The number of anilines is 3. The van der Waals surface area contributed by atoms with Gasteiger partial charge in [-0.2, -0.15) is 0 Å². The van der Waals surface area contributed by atoms with Gasteiger partial charge in [0.15, 0.2) is 0 Å². The molecule has 10 aromatic rings. The number of hydrogen-bond donors (Lipinski definition) is 0. The van der Waals surface area contributed by atoms with Gasteiger partial charge < -0.3 is 4.90 Å². The molecule has 0 aliphatic heterocycles. The molecule has 0 saturated heterocycles. The van der Waals surface area contributed by atoms with Gasteiger partial charge in [0.25, 0.3) is 0 Å². The van der Waals surface area contributed by atoms with E-state index in [0.717, 1.165) is 0 Å². The molecule has 0 amide bonds. The van der Waals surface area contributed by atoms with Gasteiger partial charge in [0, 0.05) is 26.5 Å². The van der Waals surface area contributed by atoms with Crippen molar-refractivity contribution < 1.29 is 0 Å². The van der Waals surface area contributed by atoms with Crippen LogP contribution in [0.3, 0.4) is 0 Å². The first-order valence-electron chi connectivity index (χ1n) is 20.3. The molecule has 0 N–H and O–H groups in total. The van der Waals surface area contributed by atoms with Crippen LogP contribution in [0.25, 0.3) is 53.2 Å². The van der Waals surface area contributed by atoms with Gasteiger partial charge in [-0.25, -0.2) is 0 Å². The van der Waals surface area contributed by atoms with E-state index in [2.05, 4.69) is 219 Å². The molecular formula is C56H39NS. The van der Waals surface area contributed by atoms with Crippen LogP contribution >= 0.6 is 11.3 Å². The van der Waals surface area contributed by atoms with Gasteiger partial charge in [-0.1, -0.05) is 196 Å². The van der Waals surface area contributed by atoms with E-state index in [-0.39, 0.29) is 5.41 Å². The van der Waals surface area contributed by atoms with Crippen LogP contribution in [0.15, 0.2) is 200 Å². The summed E-state index contributed by atoms with van der Waals surface area (Å²) >= 11 is 1.93. The molecule has 2 heteroatoms. The first-order valence-corrected chi connectivity index (χ1v) is 21.1. The zero-order valence-electron chi connectivity index (χ0n) is 32.4. The van der Waals surface area contributed by atoms with Gasteiger partial charge in [-0.3, -0.25) is 0 Å². The summed E-state index contributed by atoms with van der Waals surface area (Å²) in [5, 5.41) is 5.18. The van der Waals surface area contributed by atoms with E-state index in [1.54, 1.807) is 0 Å². The molecule has 274 valence electrons. The summed E-state index contributed by atoms with van der Waals surface area (Å²) in [5.74, 6) is 0. The fourth-order valence-electron chi connectivity index (χ4n) is 10.7. The molecule has 1 nitrogen and oxygen atoms in total. The summed E-state index contributed by atoms with van der Waals surface area (Å²) in [6.45, 7) is 4.82. The van der Waals surface area contributed by atoms with Gasteiger partial charge in [-0.15, -0.1) is 11.3 Å². The van der Waals surface area contributed by atoms with E-state index < -0.39 is 5.41 Å². The third-order valence-corrected chi connectivity index (χ3v) is 14.4. The van der Waals surface area contributed by atoms with Crippen molar-refractivity contribution in [2.45, 2.75) is 24.7 Å². The molecule has 0 saturated carbocycles. The predicted octanol–water partition coefficient (Wildman–Crippen LogP) is 15.3. The van der Waals surface area contributed by atoms with Crippen LogP contribution in [0.1, 0.15) is 47.2 Å². The largest absolute Gasteiger partial charge is 0.308 e. The van der Waals surface area contributed by atoms with Gasteiger partial charge in [0.1, 0.15) is 0 Å². The van der Waals surface area contributed by atoms with Gasteiger partial charge in [0.05, 0.1) is 27.2 Å². The van der Waals surface area contributed by atoms with Gasteiger partial charge >= 0.3 is 0 Å². The van der Waals surface area contributed by atoms with Crippen LogP contribution in [0, 0.1) is 0 Å². The second-order valence-corrected chi connectivity index (χ2v) is 17.4. The zero-order chi connectivity index (χ0) is 38.6. The van der Waals surface area contributed by atoms with Crippen LogP contribution < -0.4 is 4.90 Å². The van der Waals surface area contributed by atoms with Crippen molar-refractivity contribution in [3.8, 4) is 22.3 Å². The number of thiophene rings is 1. The van der Waals surface area contributed by atoms with Crippen molar-refractivity contribution in [2.75, 3.05) is 4.90 Å². The maximum atomic E-state index is 2.63. The monoisotopic (exact) mass is 757 g/mol. The van der Waals surface area contributed by atoms with E-state index in [9.17, 15) is 0 Å². The van der Waals surface area contributed by atoms with Gasteiger partial charge in [-0.05, 0) is 79.0 Å². The topological polar surface area (TPSA) is 3.24 Å². The molecule has 1 aromatic heterocycles. The SMILES string of the molecule is CC1(C)c2ccccc2-c2cccc(N(c3cccc4c3-c3ccccc3C4(c3ccccc3)c3ccccc3)c3cccc4c3sc3c5ccccc5ccc43)c21. The fraction of sp³-hybridized carbons (Fsp3) is 0.0714. The molecule has 12 rings (SSSR count). The third-order valence-electron chi connectivity index (χ3n) is 13.1. The van der Waals surface area contributed by atoms with Crippen molar-refractivity contribution in [1.82, 2.24) is 0 Å². The molecule has 0 unspecified atom stereocenters. The first kappa shape index (κ1) is 33.4. The van der Waals surface area contributed by atoms with E-state index >= 15 is 0 Å². The molecule has 9 aromatic carbocycles. The second kappa shape index (κ2) is 12.4. The van der Waals surface area contributed by atoms with Gasteiger partial charge in [0.2, 0.25) is 0 Å². The summed E-state index contributed by atoms with van der Waals surface area (Å²) < 4.78 is 2.63. The molecule has 0 spiro atoms. The lowest BCUT2D eigenvalue weighted by Crippen LogP contribution is -2.28. The zero-order valence-corrected chi connectivity index (χ0v) is 33.2. The lowest BCUT2D eigenvalue weighted by Gasteiger charge is -2.35. The third kappa shape index (κ3) is 4.41. The highest BCUT2D eigenvalue weighted by Crippen LogP contribution is 2.62. The van der Waals surface area contributed by atoms with E-state index in [0.29, 0.717) is 0 Å². The lowest BCUT2D eigenvalue weighted by atomic mass is 9.68. The Morgan fingerprint density at radius 2 is 0.931 bits per heavy atom. The Morgan fingerprint density at radius 1 is 0.379 bits per heavy atom. The Morgan fingerprint density at radius 3 is 1.72 bits per heavy atom. The molecule has 0 fully saturated rings. The fourth-order valence-corrected chi connectivity index (χ4v) is 12.1. The summed E-state index contributed by atoms with van der Waals surface area (Å²) in [6, 6.07) is 74.9. The Labute approximate surface area is 343 Å². The summed E-state index contributed by atoms with van der Waals surface area (Å²) in [6.07, 6.45) is 0.